The van der Waals surface area contributed by atoms with Crippen molar-refractivity contribution in [3.05, 3.63) is 34.3 Å². The van der Waals surface area contributed by atoms with E-state index < -0.39 is 0 Å². The van der Waals surface area contributed by atoms with Crippen molar-refractivity contribution in [3.8, 4) is 0 Å². The topological polar surface area (TPSA) is 12.0 Å². The highest BCUT2D eigenvalue weighted by atomic mass is 79.9. The second-order valence-corrected chi connectivity index (χ2v) is 6.22. The van der Waals surface area contributed by atoms with Crippen molar-refractivity contribution in [1.82, 2.24) is 5.32 Å². The van der Waals surface area contributed by atoms with E-state index in [0.717, 1.165) is 4.47 Å². The molecule has 0 heterocycles. The predicted octanol–water partition coefficient (Wildman–Crippen LogP) is 5.85. The Balaban J connectivity index is 2.20. The first-order valence-electron chi connectivity index (χ1n) is 7.70. The Hall–Kier alpha value is -0.340. The molecule has 0 saturated heterocycles. The van der Waals surface area contributed by atoms with Crippen molar-refractivity contribution in [1.29, 1.82) is 0 Å². The number of rotatable bonds is 10. The van der Waals surface area contributed by atoms with Crippen LogP contribution < -0.4 is 5.32 Å². The maximum atomic E-state index is 3.49. The minimum atomic E-state index is 0.503. The summed E-state index contributed by atoms with van der Waals surface area (Å²) in [4.78, 5) is 0. The molecule has 1 rings (SSSR count). The lowest BCUT2D eigenvalue weighted by molar-refractivity contribution is 0.496. The zero-order valence-electron chi connectivity index (χ0n) is 12.4. The third-order valence-electron chi connectivity index (χ3n) is 3.72. The van der Waals surface area contributed by atoms with Crippen LogP contribution in [0.2, 0.25) is 0 Å². The summed E-state index contributed by atoms with van der Waals surface area (Å²) in [6.07, 6.45) is 10.9. The molecule has 0 radical (unpaired) electrons. The van der Waals surface area contributed by atoms with Crippen molar-refractivity contribution >= 4 is 15.9 Å². The smallest absolute Gasteiger partial charge is 0.0317 e. The van der Waals surface area contributed by atoms with E-state index in [2.05, 4.69) is 59.5 Å². The highest BCUT2D eigenvalue weighted by Gasteiger charge is 2.08. The van der Waals surface area contributed by atoms with Crippen molar-refractivity contribution < 1.29 is 0 Å². The Morgan fingerprint density at radius 3 is 2.11 bits per heavy atom. The molecule has 2 heteroatoms. The quantitative estimate of drug-likeness (QED) is 0.532. The number of halogens is 1. The Bertz CT molecular complexity index is 321. The van der Waals surface area contributed by atoms with E-state index in [1.165, 1.54) is 56.9 Å². The molecule has 0 bridgehead atoms. The van der Waals surface area contributed by atoms with E-state index in [1.807, 2.05) is 0 Å². The van der Waals surface area contributed by atoms with Gasteiger partial charge in [0.25, 0.3) is 0 Å². The van der Waals surface area contributed by atoms with Crippen molar-refractivity contribution in [2.24, 2.45) is 0 Å². The average molecular weight is 326 g/mol. The van der Waals surface area contributed by atoms with Gasteiger partial charge < -0.3 is 5.32 Å². The van der Waals surface area contributed by atoms with Gasteiger partial charge in [-0.05, 0) is 31.2 Å². The predicted molar refractivity (Wildman–Crippen MR) is 88.6 cm³/mol. The van der Waals surface area contributed by atoms with Gasteiger partial charge in [0.05, 0.1) is 0 Å². The van der Waals surface area contributed by atoms with Crippen LogP contribution in [0.4, 0.5) is 0 Å². The van der Waals surface area contributed by atoms with Gasteiger partial charge in [-0.1, -0.05) is 79.9 Å². The SMILES string of the molecule is CCCCCCCCCC(NC)c1ccc(Br)cc1. The van der Waals surface area contributed by atoms with Gasteiger partial charge in [0.2, 0.25) is 0 Å². The highest BCUT2D eigenvalue weighted by molar-refractivity contribution is 9.10. The van der Waals surface area contributed by atoms with Crippen LogP contribution in [0, 0.1) is 0 Å². The Morgan fingerprint density at radius 1 is 0.947 bits per heavy atom. The maximum Gasteiger partial charge on any atom is 0.0317 e. The molecule has 0 saturated carbocycles. The van der Waals surface area contributed by atoms with E-state index in [0.29, 0.717) is 6.04 Å². The summed E-state index contributed by atoms with van der Waals surface area (Å²) in [5.74, 6) is 0. The van der Waals surface area contributed by atoms with Crippen molar-refractivity contribution in [2.45, 2.75) is 64.3 Å². The zero-order chi connectivity index (χ0) is 13.9. The lowest BCUT2D eigenvalue weighted by Crippen LogP contribution is -2.16. The fourth-order valence-electron chi connectivity index (χ4n) is 2.48. The number of nitrogens with one attached hydrogen (secondary N) is 1. The van der Waals surface area contributed by atoms with Crippen LogP contribution >= 0.6 is 15.9 Å². The van der Waals surface area contributed by atoms with E-state index in [4.69, 9.17) is 0 Å². The molecule has 0 aliphatic rings. The molecule has 1 unspecified atom stereocenters. The first kappa shape index (κ1) is 16.7. The summed E-state index contributed by atoms with van der Waals surface area (Å²) in [5, 5.41) is 3.43. The second kappa shape index (κ2) is 10.4. The molecule has 1 nitrogen and oxygen atoms in total. The summed E-state index contributed by atoms with van der Waals surface area (Å²) in [6.45, 7) is 2.27. The van der Waals surface area contributed by atoms with Gasteiger partial charge >= 0.3 is 0 Å². The largest absolute Gasteiger partial charge is 0.313 e. The third kappa shape index (κ3) is 7.12. The number of hydrogen-bond acceptors (Lipinski definition) is 1. The Morgan fingerprint density at radius 2 is 1.53 bits per heavy atom. The van der Waals surface area contributed by atoms with Gasteiger partial charge in [0, 0.05) is 10.5 Å². The third-order valence-corrected chi connectivity index (χ3v) is 4.25. The first-order chi connectivity index (χ1) is 9.27. The van der Waals surface area contributed by atoms with Gasteiger partial charge in [-0.15, -0.1) is 0 Å². The Kier molecular flexibility index (Phi) is 9.19. The number of unbranched alkanes of at least 4 members (excludes halogenated alkanes) is 6. The molecule has 0 fully saturated rings. The molecule has 0 aliphatic heterocycles. The fourth-order valence-corrected chi connectivity index (χ4v) is 2.74. The van der Waals surface area contributed by atoms with Crippen LogP contribution in [-0.2, 0) is 0 Å². The normalized spacial score (nSPS) is 12.6. The molecule has 0 spiro atoms. The number of benzene rings is 1. The van der Waals surface area contributed by atoms with Crippen molar-refractivity contribution in [3.63, 3.8) is 0 Å². The second-order valence-electron chi connectivity index (χ2n) is 5.30. The average Bonchev–Trinajstić information content (AvgIpc) is 2.43. The fraction of sp³-hybridized carbons (Fsp3) is 0.647. The summed E-state index contributed by atoms with van der Waals surface area (Å²) >= 11 is 3.49. The van der Waals surface area contributed by atoms with Crippen LogP contribution in [0.25, 0.3) is 0 Å². The molecular formula is C17H28BrN. The van der Waals surface area contributed by atoms with Crippen LogP contribution in [0.15, 0.2) is 28.7 Å². The molecule has 1 atom stereocenters. The molecule has 0 aromatic heterocycles. The van der Waals surface area contributed by atoms with Crippen molar-refractivity contribution in [2.75, 3.05) is 7.05 Å². The first-order valence-corrected chi connectivity index (χ1v) is 8.50. The minimum Gasteiger partial charge on any atom is -0.313 e. The van der Waals surface area contributed by atoms with Crippen LogP contribution in [0.5, 0.6) is 0 Å². The zero-order valence-corrected chi connectivity index (χ0v) is 14.0. The molecule has 1 aromatic rings. The Labute approximate surface area is 127 Å². The van der Waals surface area contributed by atoms with Gasteiger partial charge in [0.15, 0.2) is 0 Å². The summed E-state index contributed by atoms with van der Waals surface area (Å²) < 4.78 is 1.15. The van der Waals surface area contributed by atoms with Gasteiger partial charge in [-0.2, -0.15) is 0 Å². The lowest BCUT2D eigenvalue weighted by atomic mass is 10.00. The van der Waals surface area contributed by atoms with E-state index in [-0.39, 0.29) is 0 Å². The van der Waals surface area contributed by atoms with Gasteiger partial charge in [-0.3, -0.25) is 0 Å². The summed E-state index contributed by atoms with van der Waals surface area (Å²) in [6, 6.07) is 9.19. The molecular weight excluding hydrogens is 298 g/mol. The van der Waals surface area contributed by atoms with Gasteiger partial charge in [0.1, 0.15) is 0 Å². The lowest BCUT2D eigenvalue weighted by Gasteiger charge is -2.16. The molecule has 108 valence electrons. The van der Waals surface area contributed by atoms with Crippen LogP contribution in [0.3, 0.4) is 0 Å². The van der Waals surface area contributed by atoms with E-state index >= 15 is 0 Å². The van der Waals surface area contributed by atoms with Crippen LogP contribution in [-0.4, -0.2) is 7.05 Å². The van der Waals surface area contributed by atoms with Crippen LogP contribution in [0.1, 0.15) is 69.9 Å². The summed E-state index contributed by atoms with van der Waals surface area (Å²) in [5.41, 5.74) is 1.40. The summed E-state index contributed by atoms with van der Waals surface area (Å²) in [7, 11) is 2.06. The molecule has 1 N–H and O–H groups in total. The van der Waals surface area contributed by atoms with E-state index in [9.17, 15) is 0 Å². The molecule has 19 heavy (non-hydrogen) atoms. The monoisotopic (exact) mass is 325 g/mol. The highest BCUT2D eigenvalue weighted by Crippen LogP contribution is 2.22. The molecule has 0 amide bonds. The number of hydrogen-bond donors (Lipinski definition) is 1. The minimum absolute atomic E-state index is 0.503. The van der Waals surface area contributed by atoms with E-state index in [1.54, 1.807) is 0 Å². The maximum absolute atomic E-state index is 3.49. The molecule has 1 aromatic carbocycles. The van der Waals surface area contributed by atoms with Gasteiger partial charge in [-0.25, -0.2) is 0 Å². The standard InChI is InChI=1S/C17H28BrN/c1-3-4-5-6-7-8-9-10-17(19-2)15-11-13-16(18)14-12-15/h11-14,17,19H,3-10H2,1-2H3. The molecule has 0 aliphatic carbocycles.